The number of carbonyl (C=O) groups excluding carboxylic acids is 2. The van der Waals surface area contributed by atoms with Crippen molar-refractivity contribution in [1.82, 2.24) is 9.47 Å². The third-order valence-electron chi connectivity index (χ3n) is 4.58. The summed E-state index contributed by atoms with van der Waals surface area (Å²) in [4.78, 5) is 25.3. The second-order valence-corrected chi connectivity index (χ2v) is 6.01. The SMILES string of the molecule is Cn1cc([C@H]2c3ccccc3C(=O)N2CC(=O)[O-])c2ccccc21. The van der Waals surface area contributed by atoms with Crippen LogP contribution in [0.1, 0.15) is 27.5 Å². The molecule has 0 fully saturated rings. The van der Waals surface area contributed by atoms with Crippen molar-refractivity contribution in [1.29, 1.82) is 0 Å². The molecule has 0 saturated heterocycles. The highest BCUT2D eigenvalue weighted by Crippen LogP contribution is 2.41. The molecule has 120 valence electrons. The van der Waals surface area contributed by atoms with Gasteiger partial charge in [-0.3, -0.25) is 4.79 Å². The first kappa shape index (κ1) is 14.5. The number of carboxylic acids is 1. The van der Waals surface area contributed by atoms with Crippen LogP contribution in [0.15, 0.2) is 54.7 Å². The van der Waals surface area contributed by atoms with Crippen LogP contribution >= 0.6 is 0 Å². The van der Waals surface area contributed by atoms with Gasteiger partial charge in [-0.2, -0.15) is 0 Å². The summed E-state index contributed by atoms with van der Waals surface area (Å²) in [5.74, 6) is -1.53. The zero-order valence-corrected chi connectivity index (χ0v) is 13.1. The van der Waals surface area contributed by atoms with Crippen LogP contribution in [-0.4, -0.2) is 27.9 Å². The highest BCUT2D eigenvalue weighted by Gasteiger charge is 2.38. The standard InChI is InChI=1S/C19H16N2O3/c1-20-10-15(12-6-4-5-9-16(12)20)18-13-7-2-3-8-14(13)19(24)21(18)11-17(22)23/h2-10,18H,11H2,1H3,(H,22,23)/p-1/t18-/m1/s1. The molecule has 1 amide bonds. The highest BCUT2D eigenvalue weighted by atomic mass is 16.4. The molecule has 0 spiro atoms. The normalized spacial score (nSPS) is 16.6. The molecule has 0 saturated carbocycles. The Morgan fingerprint density at radius 3 is 2.58 bits per heavy atom. The molecule has 0 aliphatic carbocycles. The van der Waals surface area contributed by atoms with Crippen molar-refractivity contribution in [3.8, 4) is 0 Å². The molecule has 24 heavy (non-hydrogen) atoms. The highest BCUT2D eigenvalue weighted by molar-refractivity contribution is 6.02. The van der Waals surface area contributed by atoms with Gasteiger partial charge in [-0.1, -0.05) is 36.4 Å². The van der Waals surface area contributed by atoms with Gasteiger partial charge in [-0.05, 0) is 17.7 Å². The molecule has 5 heteroatoms. The maximum Gasteiger partial charge on any atom is 0.255 e. The molecule has 1 aromatic heterocycles. The van der Waals surface area contributed by atoms with E-state index in [9.17, 15) is 14.7 Å². The lowest BCUT2D eigenvalue weighted by Crippen LogP contribution is -2.40. The van der Waals surface area contributed by atoms with Gasteiger partial charge in [0, 0.05) is 35.3 Å². The van der Waals surface area contributed by atoms with Gasteiger partial charge in [0.05, 0.1) is 18.6 Å². The summed E-state index contributed by atoms with van der Waals surface area (Å²) in [7, 11) is 1.94. The van der Waals surface area contributed by atoms with E-state index in [1.807, 2.05) is 54.2 Å². The number of carboxylic acid groups (broad SMARTS) is 1. The number of hydrogen-bond donors (Lipinski definition) is 0. The van der Waals surface area contributed by atoms with Crippen LogP contribution in [0, 0.1) is 0 Å². The molecule has 1 atom stereocenters. The van der Waals surface area contributed by atoms with Crippen LogP contribution in [0.5, 0.6) is 0 Å². The Hall–Kier alpha value is -3.08. The van der Waals surface area contributed by atoms with Gasteiger partial charge in [0.2, 0.25) is 0 Å². The third kappa shape index (κ3) is 2.01. The molecule has 0 unspecified atom stereocenters. The van der Waals surface area contributed by atoms with Gasteiger partial charge in [-0.15, -0.1) is 0 Å². The summed E-state index contributed by atoms with van der Waals surface area (Å²) in [6, 6.07) is 14.8. The van der Waals surface area contributed by atoms with Gasteiger partial charge in [-0.25, -0.2) is 0 Å². The first-order valence-electron chi connectivity index (χ1n) is 7.71. The maximum absolute atomic E-state index is 12.7. The van der Waals surface area contributed by atoms with E-state index in [4.69, 9.17) is 0 Å². The molecule has 3 aromatic rings. The Morgan fingerprint density at radius 1 is 1.08 bits per heavy atom. The minimum atomic E-state index is -1.26. The Bertz CT molecular complexity index is 974. The van der Waals surface area contributed by atoms with E-state index >= 15 is 0 Å². The molecule has 1 aliphatic rings. The lowest BCUT2D eigenvalue weighted by Gasteiger charge is -2.25. The van der Waals surface area contributed by atoms with E-state index in [2.05, 4.69) is 0 Å². The van der Waals surface area contributed by atoms with Gasteiger partial charge in [0.25, 0.3) is 5.91 Å². The molecule has 2 heterocycles. The quantitative estimate of drug-likeness (QED) is 0.734. The molecular formula is C19H15N2O3-. The molecular weight excluding hydrogens is 304 g/mol. The number of amides is 1. The van der Waals surface area contributed by atoms with Crippen LogP contribution in [0.25, 0.3) is 10.9 Å². The number of fused-ring (bicyclic) bond motifs is 2. The molecule has 4 rings (SSSR count). The second kappa shape index (κ2) is 5.23. The number of aryl methyl sites for hydroxylation is 1. The largest absolute Gasteiger partial charge is 0.548 e. The smallest absolute Gasteiger partial charge is 0.255 e. The zero-order chi connectivity index (χ0) is 16.8. The van der Waals surface area contributed by atoms with Crippen molar-refractivity contribution in [2.24, 2.45) is 7.05 Å². The number of hydrogen-bond acceptors (Lipinski definition) is 3. The first-order valence-corrected chi connectivity index (χ1v) is 7.71. The predicted molar refractivity (Wildman–Crippen MR) is 87.2 cm³/mol. The average Bonchev–Trinajstić information content (AvgIpc) is 3.04. The van der Waals surface area contributed by atoms with Gasteiger partial charge < -0.3 is 19.4 Å². The van der Waals surface area contributed by atoms with Crippen molar-refractivity contribution in [2.75, 3.05) is 6.54 Å². The van der Waals surface area contributed by atoms with Crippen LogP contribution in [0.2, 0.25) is 0 Å². The lowest BCUT2D eigenvalue weighted by molar-refractivity contribution is -0.305. The summed E-state index contributed by atoms with van der Waals surface area (Å²) < 4.78 is 1.99. The van der Waals surface area contributed by atoms with Crippen molar-refractivity contribution >= 4 is 22.8 Å². The van der Waals surface area contributed by atoms with Crippen molar-refractivity contribution < 1.29 is 14.7 Å². The number of nitrogens with zero attached hydrogens (tertiary/aromatic N) is 2. The van der Waals surface area contributed by atoms with Crippen LogP contribution < -0.4 is 5.11 Å². The molecule has 0 N–H and O–H groups in total. The summed E-state index contributed by atoms with van der Waals surface area (Å²) in [5.41, 5.74) is 3.35. The number of carbonyl (C=O) groups is 2. The fourth-order valence-corrected chi connectivity index (χ4v) is 3.60. The van der Waals surface area contributed by atoms with E-state index in [1.54, 1.807) is 12.1 Å². The Balaban J connectivity index is 1.96. The van der Waals surface area contributed by atoms with E-state index < -0.39 is 18.6 Å². The fraction of sp³-hybridized carbons (Fsp3) is 0.158. The molecule has 0 bridgehead atoms. The van der Waals surface area contributed by atoms with Crippen LogP contribution in [0.3, 0.4) is 0 Å². The van der Waals surface area contributed by atoms with E-state index in [0.717, 1.165) is 22.0 Å². The average molecular weight is 319 g/mol. The van der Waals surface area contributed by atoms with Crippen molar-refractivity contribution in [3.05, 3.63) is 71.4 Å². The van der Waals surface area contributed by atoms with Crippen LogP contribution in [0.4, 0.5) is 0 Å². The minimum absolute atomic E-state index is 0.271. The van der Waals surface area contributed by atoms with Crippen molar-refractivity contribution in [2.45, 2.75) is 6.04 Å². The second-order valence-electron chi connectivity index (χ2n) is 6.01. The molecule has 5 nitrogen and oxygen atoms in total. The summed E-state index contributed by atoms with van der Waals surface area (Å²) >= 11 is 0. The van der Waals surface area contributed by atoms with Crippen molar-refractivity contribution in [3.63, 3.8) is 0 Å². The van der Waals surface area contributed by atoms with Gasteiger partial charge >= 0.3 is 0 Å². The third-order valence-corrected chi connectivity index (χ3v) is 4.58. The summed E-state index contributed by atoms with van der Waals surface area (Å²) in [6.45, 7) is -0.429. The van der Waals surface area contributed by atoms with Gasteiger partial charge in [0.1, 0.15) is 0 Å². The van der Waals surface area contributed by atoms with Gasteiger partial charge in [0.15, 0.2) is 0 Å². The van der Waals surface area contributed by atoms with E-state index in [1.165, 1.54) is 4.90 Å². The zero-order valence-electron chi connectivity index (χ0n) is 13.1. The Kier molecular flexibility index (Phi) is 3.16. The minimum Gasteiger partial charge on any atom is -0.548 e. The summed E-state index contributed by atoms with van der Waals surface area (Å²) in [5, 5.41) is 12.2. The molecule has 0 radical (unpaired) electrons. The monoisotopic (exact) mass is 319 g/mol. The lowest BCUT2D eigenvalue weighted by atomic mass is 9.97. The van der Waals surface area contributed by atoms with E-state index in [-0.39, 0.29) is 5.91 Å². The molecule has 2 aromatic carbocycles. The maximum atomic E-state index is 12.7. The number of benzene rings is 2. The number of aromatic nitrogens is 1. The van der Waals surface area contributed by atoms with E-state index in [0.29, 0.717) is 5.56 Å². The Labute approximate surface area is 138 Å². The fourth-order valence-electron chi connectivity index (χ4n) is 3.60. The van der Waals surface area contributed by atoms with Crippen LogP contribution in [-0.2, 0) is 11.8 Å². The predicted octanol–water partition coefficient (Wildman–Crippen LogP) is 1.47. The number of rotatable bonds is 3. The topological polar surface area (TPSA) is 65.4 Å². The molecule has 1 aliphatic heterocycles. The Morgan fingerprint density at radius 2 is 1.79 bits per heavy atom. The number of aliphatic carboxylic acids is 1. The summed E-state index contributed by atoms with van der Waals surface area (Å²) in [6.07, 6.45) is 1.97. The number of para-hydroxylation sites is 1. The first-order chi connectivity index (χ1) is 11.6.